The van der Waals surface area contributed by atoms with E-state index in [4.69, 9.17) is 11.6 Å². The summed E-state index contributed by atoms with van der Waals surface area (Å²) in [7, 11) is 0. The molecule has 1 rings (SSSR count). The Morgan fingerprint density at radius 2 is 1.88 bits per heavy atom. The number of aliphatic hydroxyl groups is 1. The van der Waals surface area contributed by atoms with Gasteiger partial charge in [0.2, 0.25) is 0 Å². The van der Waals surface area contributed by atoms with Crippen LogP contribution in [-0.2, 0) is 0 Å². The molecule has 0 aliphatic carbocycles. The van der Waals surface area contributed by atoms with Crippen molar-refractivity contribution >= 4 is 11.6 Å². The highest BCUT2D eigenvalue weighted by Crippen LogP contribution is 2.20. The fourth-order valence-electron chi connectivity index (χ4n) is 1.84. The van der Waals surface area contributed by atoms with Crippen molar-refractivity contribution in [2.75, 3.05) is 6.54 Å². The Hall–Kier alpha value is -0.570. The molecule has 0 aliphatic heterocycles. The highest BCUT2D eigenvalue weighted by molar-refractivity contribution is 6.30. The van der Waals surface area contributed by atoms with Crippen LogP contribution < -0.4 is 5.32 Å². The van der Waals surface area contributed by atoms with Gasteiger partial charge in [0.1, 0.15) is 0 Å². The smallest absolute Gasteiger partial charge is 0.0524 e. The zero-order valence-corrected chi connectivity index (χ0v) is 11.4. The topological polar surface area (TPSA) is 32.3 Å². The van der Waals surface area contributed by atoms with Crippen LogP contribution in [0.2, 0.25) is 5.02 Å². The first-order valence-electron chi connectivity index (χ1n) is 6.30. The number of hydrogen-bond acceptors (Lipinski definition) is 2. The largest absolute Gasteiger partial charge is 0.393 e. The first-order chi connectivity index (χ1) is 8.13. The molecule has 0 amide bonds. The Labute approximate surface area is 109 Å². The van der Waals surface area contributed by atoms with E-state index in [2.05, 4.69) is 24.4 Å². The number of nitrogens with one attached hydrogen (secondary N) is 1. The van der Waals surface area contributed by atoms with Gasteiger partial charge in [-0.3, -0.25) is 0 Å². The van der Waals surface area contributed by atoms with Crippen molar-refractivity contribution < 1.29 is 5.11 Å². The van der Waals surface area contributed by atoms with Crippen LogP contribution in [0.5, 0.6) is 0 Å². The molecule has 0 bridgehead atoms. The van der Waals surface area contributed by atoms with Crippen molar-refractivity contribution in [3.8, 4) is 0 Å². The number of hydrogen-bond donors (Lipinski definition) is 2. The van der Waals surface area contributed by atoms with Crippen LogP contribution in [0.1, 0.15) is 44.7 Å². The van der Waals surface area contributed by atoms with Gasteiger partial charge in [0.25, 0.3) is 0 Å². The second kappa shape index (κ2) is 7.70. The second-order valence-corrected chi connectivity index (χ2v) is 4.92. The third-order valence-electron chi connectivity index (χ3n) is 2.80. The maximum Gasteiger partial charge on any atom is 0.0524 e. The van der Waals surface area contributed by atoms with Crippen molar-refractivity contribution in [1.82, 2.24) is 5.32 Å². The zero-order valence-electron chi connectivity index (χ0n) is 10.6. The second-order valence-electron chi connectivity index (χ2n) is 4.48. The number of benzene rings is 1. The normalized spacial score (nSPS) is 14.6. The minimum absolute atomic E-state index is 0.241. The highest BCUT2D eigenvalue weighted by Gasteiger charge is 2.09. The quantitative estimate of drug-likeness (QED) is 0.781. The molecule has 0 heterocycles. The molecular weight excluding hydrogens is 234 g/mol. The van der Waals surface area contributed by atoms with Crippen LogP contribution in [0.25, 0.3) is 0 Å². The minimum Gasteiger partial charge on any atom is -0.393 e. The van der Waals surface area contributed by atoms with Crippen molar-refractivity contribution in [1.29, 1.82) is 0 Å². The average Bonchev–Trinajstić information content (AvgIpc) is 2.29. The van der Waals surface area contributed by atoms with Gasteiger partial charge in [0.15, 0.2) is 0 Å². The average molecular weight is 256 g/mol. The van der Waals surface area contributed by atoms with E-state index in [1.54, 1.807) is 0 Å². The molecule has 1 aromatic rings. The summed E-state index contributed by atoms with van der Waals surface area (Å²) in [6, 6.07) is 8.35. The molecule has 2 nitrogen and oxygen atoms in total. The predicted molar refractivity (Wildman–Crippen MR) is 73.4 cm³/mol. The Morgan fingerprint density at radius 1 is 1.24 bits per heavy atom. The summed E-state index contributed by atoms with van der Waals surface area (Å²) in [5.74, 6) is 0. The molecule has 2 N–H and O–H groups in total. The molecule has 0 aliphatic rings. The Bertz CT molecular complexity index is 311. The van der Waals surface area contributed by atoms with Crippen molar-refractivity contribution in [2.45, 2.75) is 45.3 Å². The van der Waals surface area contributed by atoms with Crippen molar-refractivity contribution in [3.05, 3.63) is 34.9 Å². The molecule has 0 fully saturated rings. The summed E-state index contributed by atoms with van der Waals surface area (Å²) < 4.78 is 0. The van der Waals surface area contributed by atoms with Gasteiger partial charge in [-0.25, -0.2) is 0 Å². The van der Waals surface area contributed by atoms with Gasteiger partial charge < -0.3 is 10.4 Å². The summed E-state index contributed by atoms with van der Waals surface area (Å²) in [4.78, 5) is 0. The van der Waals surface area contributed by atoms with Gasteiger partial charge in [0, 0.05) is 11.1 Å². The Kier molecular flexibility index (Phi) is 6.56. The maximum absolute atomic E-state index is 9.24. The molecule has 1 aromatic carbocycles. The Balaban J connectivity index is 2.55. The third kappa shape index (κ3) is 5.53. The molecular formula is C14H22ClNO. The zero-order chi connectivity index (χ0) is 12.7. The van der Waals surface area contributed by atoms with Gasteiger partial charge in [0.05, 0.1) is 6.10 Å². The molecule has 2 atom stereocenters. The lowest BCUT2D eigenvalue weighted by atomic mass is 10.0. The van der Waals surface area contributed by atoms with E-state index in [1.807, 2.05) is 19.1 Å². The molecule has 0 spiro atoms. The van der Waals surface area contributed by atoms with E-state index in [0.29, 0.717) is 6.04 Å². The van der Waals surface area contributed by atoms with Crippen LogP contribution in [-0.4, -0.2) is 17.8 Å². The van der Waals surface area contributed by atoms with Crippen LogP contribution in [0.4, 0.5) is 0 Å². The third-order valence-corrected chi connectivity index (χ3v) is 3.05. The summed E-state index contributed by atoms with van der Waals surface area (Å²) in [6.07, 6.45) is 2.78. The highest BCUT2D eigenvalue weighted by atomic mass is 35.5. The molecule has 0 aromatic heterocycles. The van der Waals surface area contributed by atoms with Crippen molar-refractivity contribution in [3.63, 3.8) is 0 Å². The SMILES string of the molecule is CCCC(NCCC(C)O)c1ccc(Cl)cc1. The van der Waals surface area contributed by atoms with E-state index in [0.717, 1.165) is 30.8 Å². The van der Waals surface area contributed by atoms with E-state index in [9.17, 15) is 5.11 Å². The molecule has 96 valence electrons. The van der Waals surface area contributed by atoms with Crippen LogP contribution in [0.15, 0.2) is 24.3 Å². The minimum atomic E-state index is -0.241. The first-order valence-corrected chi connectivity index (χ1v) is 6.68. The lowest BCUT2D eigenvalue weighted by Gasteiger charge is -2.19. The number of aliphatic hydroxyl groups excluding tert-OH is 1. The van der Waals surface area contributed by atoms with E-state index >= 15 is 0 Å². The van der Waals surface area contributed by atoms with Gasteiger partial charge >= 0.3 is 0 Å². The van der Waals surface area contributed by atoms with E-state index < -0.39 is 0 Å². The Morgan fingerprint density at radius 3 is 2.41 bits per heavy atom. The standard InChI is InChI=1S/C14H22ClNO/c1-3-4-14(16-10-9-11(2)17)12-5-7-13(15)8-6-12/h5-8,11,14,16-17H,3-4,9-10H2,1-2H3. The summed E-state index contributed by atoms with van der Waals surface area (Å²) in [5, 5.41) is 13.5. The lowest BCUT2D eigenvalue weighted by molar-refractivity contribution is 0.182. The molecule has 2 unspecified atom stereocenters. The summed E-state index contributed by atoms with van der Waals surface area (Å²) in [6.45, 7) is 4.84. The maximum atomic E-state index is 9.24. The van der Waals surface area contributed by atoms with Gasteiger partial charge in [-0.1, -0.05) is 37.1 Å². The fraction of sp³-hybridized carbons (Fsp3) is 0.571. The van der Waals surface area contributed by atoms with Crippen LogP contribution >= 0.6 is 11.6 Å². The van der Waals surface area contributed by atoms with E-state index in [1.165, 1.54) is 5.56 Å². The number of rotatable bonds is 7. The molecule has 0 saturated heterocycles. The van der Waals surface area contributed by atoms with Crippen LogP contribution in [0.3, 0.4) is 0 Å². The predicted octanol–water partition coefficient (Wildman–Crippen LogP) is 3.54. The monoisotopic (exact) mass is 255 g/mol. The molecule has 3 heteroatoms. The molecule has 0 radical (unpaired) electrons. The summed E-state index contributed by atoms with van der Waals surface area (Å²) >= 11 is 5.89. The molecule has 0 saturated carbocycles. The summed E-state index contributed by atoms with van der Waals surface area (Å²) in [5.41, 5.74) is 1.27. The van der Waals surface area contributed by atoms with Crippen molar-refractivity contribution in [2.24, 2.45) is 0 Å². The van der Waals surface area contributed by atoms with Crippen LogP contribution in [0, 0.1) is 0 Å². The van der Waals surface area contributed by atoms with E-state index in [-0.39, 0.29) is 6.10 Å². The number of halogens is 1. The molecule has 17 heavy (non-hydrogen) atoms. The van der Waals surface area contributed by atoms with Gasteiger partial charge in [-0.15, -0.1) is 0 Å². The lowest BCUT2D eigenvalue weighted by Crippen LogP contribution is -2.24. The van der Waals surface area contributed by atoms with Gasteiger partial charge in [-0.05, 0) is 44.0 Å². The van der Waals surface area contributed by atoms with Gasteiger partial charge in [-0.2, -0.15) is 0 Å². The fourth-order valence-corrected chi connectivity index (χ4v) is 1.96. The first kappa shape index (κ1) is 14.5.